The van der Waals surface area contributed by atoms with Gasteiger partial charge >= 0.3 is 5.97 Å². The first-order valence-electron chi connectivity index (χ1n) is 4.07. The molecule has 4 nitrogen and oxygen atoms in total. The van der Waals surface area contributed by atoms with Crippen molar-refractivity contribution in [2.75, 3.05) is 11.5 Å². The van der Waals surface area contributed by atoms with Crippen molar-refractivity contribution in [3.63, 3.8) is 0 Å². The highest BCUT2D eigenvalue weighted by Crippen LogP contribution is 2.22. The predicted molar refractivity (Wildman–Crippen MR) is 48.2 cm³/mol. The van der Waals surface area contributed by atoms with E-state index in [1.54, 1.807) is 0 Å². The number of carboxylic acid groups (broad SMARTS) is 1. The number of aryl methyl sites for hydroxylation is 1. The van der Waals surface area contributed by atoms with Gasteiger partial charge in [-0.25, -0.2) is 4.79 Å². The van der Waals surface area contributed by atoms with Crippen LogP contribution in [-0.2, 0) is 12.8 Å². The van der Waals surface area contributed by atoms with Crippen molar-refractivity contribution >= 4 is 17.7 Å². The molecule has 0 radical (unpaired) electrons. The van der Waals surface area contributed by atoms with Crippen LogP contribution < -0.4 is 0 Å². The second kappa shape index (κ2) is 3.41. The number of hydrogen-bond acceptors (Lipinski definition) is 4. The molecule has 0 atom stereocenters. The van der Waals surface area contributed by atoms with Gasteiger partial charge < -0.3 is 9.63 Å². The Hall–Kier alpha value is -0.970. The molecule has 0 aromatic carbocycles. The molecule has 0 bridgehead atoms. The molecule has 1 N–H and O–H groups in total. The number of aromatic nitrogens is 1. The molecular weight excluding hydrogens is 190 g/mol. The molecule has 0 spiro atoms. The first-order valence-corrected chi connectivity index (χ1v) is 5.23. The predicted octanol–water partition coefficient (Wildman–Crippen LogP) is 1.20. The van der Waals surface area contributed by atoms with Crippen molar-refractivity contribution in [2.24, 2.45) is 0 Å². The molecule has 13 heavy (non-hydrogen) atoms. The summed E-state index contributed by atoms with van der Waals surface area (Å²) >= 11 is 1.82. The normalized spacial score (nSPS) is 16.3. The Labute approximate surface area is 79.3 Å². The first-order chi connectivity index (χ1) is 6.29. The van der Waals surface area contributed by atoms with Crippen LogP contribution in [0.1, 0.15) is 21.8 Å². The summed E-state index contributed by atoms with van der Waals surface area (Å²) in [5.41, 5.74) is 0.884. The van der Waals surface area contributed by atoms with Crippen LogP contribution in [-0.4, -0.2) is 27.7 Å². The third-order valence-electron chi connectivity index (χ3n) is 2.04. The lowest BCUT2D eigenvalue weighted by Crippen LogP contribution is -2.02. The van der Waals surface area contributed by atoms with Crippen LogP contribution in [0.3, 0.4) is 0 Å². The van der Waals surface area contributed by atoms with E-state index in [9.17, 15) is 4.79 Å². The zero-order valence-electron chi connectivity index (χ0n) is 6.95. The summed E-state index contributed by atoms with van der Waals surface area (Å²) < 4.78 is 4.98. The summed E-state index contributed by atoms with van der Waals surface area (Å²) in [5.74, 6) is 1.70. The highest BCUT2D eigenvalue weighted by molar-refractivity contribution is 7.99. The minimum atomic E-state index is -0.989. The Morgan fingerprint density at radius 3 is 3.00 bits per heavy atom. The zero-order chi connectivity index (χ0) is 9.26. The zero-order valence-corrected chi connectivity index (χ0v) is 7.76. The van der Waals surface area contributed by atoms with Gasteiger partial charge in [-0.1, -0.05) is 5.16 Å². The third-order valence-corrected chi connectivity index (χ3v) is 3.03. The molecule has 1 aliphatic heterocycles. The summed E-state index contributed by atoms with van der Waals surface area (Å²) in [6.45, 7) is 0. The van der Waals surface area contributed by atoms with Gasteiger partial charge in [0.2, 0.25) is 0 Å². The van der Waals surface area contributed by atoms with E-state index in [0.29, 0.717) is 0 Å². The van der Waals surface area contributed by atoms with Gasteiger partial charge in [0.15, 0.2) is 5.69 Å². The van der Waals surface area contributed by atoms with Crippen molar-refractivity contribution in [1.82, 2.24) is 5.16 Å². The molecule has 2 heterocycles. The number of fused-ring (bicyclic) bond motifs is 1. The van der Waals surface area contributed by atoms with E-state index < -0.39 is 5.97 Å². The van der Waals surface area contributed by atoms with Crippen LogP contribution in [0.5, 0.6) is 0 Å². The van der Waals surface area contributed by atoms with E-state index in [4.69, 9.17) is 9.63 Å². The lowest BCUT2D eigenvalue weighted by molar-refractivity contribution is 0.0684. The molecule has 1 aromatic heterocycles. The van der Waals surface area contributed by atoms with Gasteiger partial charge in [0.25, 0.3) is 0 Å². The van der Waals surface area contributed by atoms with E-state index in [1.165, 1.54) is 0 Å². The highest BCUT2D eigenvalue weighted by atomic mass is 32.2. The Bertz CT molecular complexity index is 334. The minimum absolute atomic E-state index is 0.0949. The number of rotatable bonds is 1. The Kier molecular flexibility index (Phi) is 2.26. The Balaban J connectivity index is 2.39. The quantitative estimate of drug-likeness (QED) is 0.736. The molecule has 0 fully saturated rings. The maximum atomic E-state index is 10.7. The highest BCUT2D eigenvalue weighted by Gasteiger charge is 2.22. The van der Waals surface area contributed by atoms with Gasteiger partial charge in [0.05, 0.1) is 0 Å². The molecule has 70 valence electrons. The molecule has 2 rings (SSSR count). The molecule has 5 heteroatoms. The van der Waals surface area contributed by atoms with Gasteiger partial charge in [0, 0.05) is 17.7 Å². The topological polar surface area (TPSA) is 63.3 Å². The minimum Gasteiger partial charge on any atom is -0.476 e. The van der Waals surface area contributed by atoms with Crippen LogP contribution in [0.25, 0.3) is 0 Å². The van der Waals surface area contributed by atoms with Crippen molar-refractivity contribution in [3.8, 4) is 0 Å². The summed E-state index contributed by atoms with van der Waals surface area (Å²) in [6, 6.07) is 0. The van der Waals surface area contributed by atoms with E-state index in [0.717, 1.165) is 35.7 Å². The molecule has 0 unspecified atom stereocenters. The number of nitrogens with zero attached hydrogens (tertiary/aromatic N) is 1. The fourth-order valence-electron chi connectivity index (χ4n) is 1.41. The summed E-state index contributed by atoms with van der Waals surface area (Å²) in [4.78, 5) is 10.7. The van der Waals surface area contributed by atoms with Gasteiger partial charge in [-0.2, -0.15) is 11.8 Å². The van der Waals surface area contributed by atoms with Crippen LogP contribution in [0.2, 0.25) is 0 Å². The second-order valence-corrected chi connectivity index (χ2v) is 4.08. The van der Waals surface area contributed by atoms with E-state index in [-0.39, 0.29) is 5.69 Å². The lowest BCUT2D eigenvalue weighted by atomic mass is 10.1. The maximum Gasteiger partial charge on any atom is 0.358 e. The van der Waals surface area contributed by atoms with E-state index in [2.05, 4.69) is 5.16 Å². The first kappa shape index (κ1) is 8.62. The Morgan fingerprint density at radius 1 is 1.46 bits per heavy atom. The molecule has 0 aliphatic carbocycles. The van der Waals surface area contributed by atoms with E-state index in [1.807, 2.05) is 11.8 Å². The second-order valence-electron chi connectivity index (χ2n) is 2.85. The molecule has 0 saturated heterocycles. The van der Waals surface area contributed by atoms with Crippen LogP contribution in [0.15, 0.2) is 4.52 Å². The number of carboxylic acids is 1. The van der Waals surface area contributed by atoms with Crippen molar-refractivity contribution in [2.45, 2.75) is 12.8 Å². The average Bonchev–Trinajstić information content (AvgIpc) is 2.36. The van der Waals surface area contributed by atoms with Crippen molar-refractivity contribution in [3.05, 3.63) is 17.0 Å². The van der Waals surface area contributed by atoms with Crippen LogP contribution >= 0.6 is 11.8 Å². The summed E-state index contributed by atoms with van der Waals surface area (Å²) in [7, 11) is 0. The third kappa shape index (κ3) is 1.56. The maximum absolute atomic E-state index is 10.7. The van der Waals surface area contributed by atoms with Gasteiger partial charge in [0.1, 0.15) is 5.76 Å². The number of hydrogen-bond donors (Lipinski definition) is 1. The van der Waals surface area contributed by atoms with Crippen LogP contribution in [0.4, 0.5) is 0 Å². The molecule has 1 aromatic rings. The van der Waals surface area contributed by atoms with E-state index >= 15 is 0 Å². The standard InChI is InChI=1S/C8H9NO3S/c10-8(11)7-5-1-3-13-4-2-6(5)12-9-7/h1-4H2,(H,10,11). The molecular formula is C8H9NO3S. The molecule has 0 amide bonds. The molecule has 1 aliphatic rings. The SMILES string of the molecule is O=C(O)c1noc2c1CCSCC2. The monoisotopic (exact) mass is 199 g/mol. The van der Waals surface area contributed by atoms with Gasteiger partial charge in [-0.15, -0.1) is 0 Å². The van der Waals surface area contributed by atoms with Crippen molar-refractivity contribution in [1.29, 1.82) is 0 Å². The molecule has 0 saturated carbocycles. The van der Waals surface area contributed by atoms with Gasteiger partial charge in [-0.05, 0) is 12.2 Å². The van der Waals surface area contributed by atoms with Crippen molar-refractivity contribution < 1.29 is 14.4 Å². The largest absolute Gasteiger partial charge is 0.476 e. The fraction of sp³-hybridized carbons (Fsp3) is 0.500. The average molecular weight is 199 g/mol. The number of aromatic carboxylic acids is 1. The summed E-state index contributed by atoms with van der Waals surface area (Å²) in [5, 5.41) is 12.3. The van der Waals surface area contributed by atoms with Crippen LogP contribution in [0, 0.1) is 0 Å². The fourth-order valence-corrected chi connectivity index (χ4v) is 2.29. The number of thioether (sulfide) groups is 1. The Morgan fingerprint density at radius 2 is 2.23 bits per heavy atom. The number of carbonyl (C=O) groups is 1. The smallest absolute Gasteiger partial charge is 0.358 e. The summed E-state index contributed by atoms with van der Waals surface area (Å²) in [6.07, 6.45) is 1.55. The van der Waals surface area contributed by atoms with Gasteiger partial charge in [-0.3, -0.25) is 0 Å². The lowest BCUT2D eigenvalue weighted by Gasteiger charge is -1.93.